The van der Waals surface area contributed by atoms with Crippen molar-refractivity contribution in [3.8, 4) is 12.3 Å². The van der Waals surface area contributed by atoms with Crippen LogP contribution in [-0.4, -0.2) is 11.9 Å². The minimum Gasteiger partial charge on any atom is -0.342 e. The number of amides is 1. The number of nitrogens with one attached hydrogen (secondary N) is 1. The maximum atomic E-state index is 12.3. The van der Waals surface area contributed by atoms with Crippen molar-refractivity contribution in [3.63, 3.8) is 0 Å². The zero-order valence-electron chi connectivity index (χ0n) is 10.4. The molecule has 1 aromatic rings. The van der Waals surface area contributed by atoms with Gasteiger partial charge >= 0.3 is 6.18 Å². The Labute approximate surface area is 110 Å². The lowest BCUT2D eigenvalue weighted by molar-refractivity contribution is -0.137. The van der Waals surface area contributed by atoms with E-state index in [4.69, 9.17) is 6.42 Å². The second-order valence-electron chi connectivity index (χ2n) is 4.07. The van der Waals surface area contributed by atoms with Gasteiger partial charge in [-0.15, -0.1) is 6.42 Å². The highest BCUT2D eigenvalue weighted by atomic mass is 19.4. The Bertz CT molecular complexity index is 471. The molecule has 0 aliphatic carbocycles. The Hall–Kier alpha value is -1.96. The van der Waals surface area contributed by atoms with Crippen LogP contribution < -0.4 is 5.32 Å². The minimum absolute atomic E-state index is 0.0102. The van der Waals surface area contributed by atoms with Crippen molar-refractivity contribution in [1.82, 2.24) is 5.32 Å². The van der Waals surface area contributed by atoms with Crippen LogP contribution in [-0.2, 0) is 17.4 Å². The fourth-order valence-electron chi connectivity index (χ4n) is 1.50. The van der Waals surface area contributed by atoms with E-state index in [-0.39, 0.29) is 18.4 Å². The van der Waals surface area contributed by atoms with Gasteiger partial charge in [0.05, 0.1) is 18.0 Å². The minimum atomic E-state index is -4.36. The van der Waals surface area contributed by atoms with Gasteiger partial charge in [0.1, 0.15) is 0 Å². The van der Waals surface area contributed by atoms with Crippen LogP contribution in [0.4, 0.5) is 13.2 Å². The fraction of sp³-hybridized carbons (Fsp3) is 0.357. The predicted molar refractivity (Wildman–Crippen MR) is 66.2 cm³/mol. The van der Waals surface area contributed by atoms with E-state index in [1.807, 2.05) is 6.92 Å². The summed E-state index contributed by atoms with van der Waals surface area (Å²) in [6.45, 7) is 1.84. The largest absolute Gasteiger partial charge is 0.416 e. The molecule has 0 aliphatic heterocycles. The predicted octanol–water partition coefficient (Wildman–Crippen LogP) is 2.78. The number of carbonyl (C=O) groups excluding carboxylic acids is 1. The van der Waals surface area contributed by atoms with Crippen LogP contribution in [0.3, 0.4) is 0 Å². The lowest BCUT2D eigenvalue weighted by atomic mass is 10.1. The highest BCUT2D eigenvalue weighted by molar-refractivity contribution is 5.79. The maximum Gasteiger partial charge on any atom is 0.416 e. The Balaban J connectivity index is 2.64. The van der Waals surface area contributed by atoms with Crippen LogP contribution >= 0.6 is 0 Å². The third-order valence-electron chi connectivity index (χ3n) is 2.59. The van der Waals surface area contributed by atoms with Gasteiger partial charge in [0.15, 0.2) is 0 Å². The van der Waals surface area contributed by atoms with Gasteiger partial charge < -0.3 is 5.32 Å². The van der Waals surface area contributed by atoms with E-state index < -0.39 is 11.7 Å². The van der Waals surface area contributed by atoms with E-state index >= 15 is 0 Å². The SMILES string of the molecule is C#CC(CC)NC(=O)Cc1ccc(C(F)(F)F)cc1. The van der Waals surface area contributed by atoms with E-state index in [0.29, 0.717) is 12.0 Å². The molecule has 0 saturated heterocycles. The average molecular weight is 269 g/mol. The molecule has 0 heterocycles. The molecule has 1 unspecified atom stereocenters. The topological polar surface area (TPSA) is 29.1 Å². The van der Waals surface area contributed by atoms with Gasteiger partial charge in [0.2, 0.25) is 5.91 Å². The average Bonchev–Trinajstić information content (AvgIpc) is 2.35. The number of halogens is 3. The van der Waals surface area contributed by atoms with Gasteiger partial charge in [0, 0.05) is 0 Å². The smallest absolute Gasteiger partial charge is 0.342 e. The molecule has 2 nitrogen and oxygen atoms in total. The molecule has 5 heteroatoms. The molecular weight excluding hydrogens is 255 g/mol. The molecule has 0 bridgehead atoms. The van der Waals surface area contributed by atoms with E-state index in [9.17, 15) is 18.0 Å². The molecule has 0 saturated carbocycles. The Kier molecular flexibility index (Phi) is 4.99. The molecule has 0 aromatic heterocycles. The van der Waals surface area contributed by atoms with Crippen molar-refractivity contribution in [2.24, 2.45) is 0 Å². The van der Waals surface area contributed by atoms with Crippen LogP contribution in [0.15, 0.2) is 24.3 Å². The Morgan fingerprint density at radius 2 is 1.95 bits per heavy atom. The standard InChI is InChI=1S/C14H14F3NO/c1-3-12(4-2)18-13(19)9-10-5-7-11(8-6-10)14(15,16)17/h1,5-8,12H,4,9H2,2H3,(H,18,19). The van der Waals surface area contributed by atoms with E-state index in [1.165, 1.54) is 12.1 Å². The molecule has 0 spiro atoms. The first-order valence-corrected chi connectivity index (χ1v) is 5.78. The van der Waals surface area contributed by atoms with E-state index in [1.54, 1.807) is 0 Å². The fourth-order valence-corrected chi connectivity index (χ4v) is 1.50. The van der Waals surface area contributed by atoms with Gasteiger partial charge in [-0.1, -0.05) is 25.0 Å². The summed E-state index contributed by atoms with van der Waals surface area (Å²) >= 11 is 0. The first-order valence-electron chi connectivity index (χ1n) is 5.78. The molecule has 102 valence electrons. The number of hydrogen-bond acceptors (Lipinski definition) is 1. The lowest BCUT2D eigenvalue weighted by Crippen LogP contribution is -2.34. The van der Waals surface area contributed by atoms with Gasteiger partial charge in [-0.2, -0.15) is 13.2 Å². The summed E-state index contributed by atoms with van der Waals surface area (Å²) in [6.07, 6.45) is 1.46. The number of terminal acetylenes is 1. The number of hydrogen-bond donors (Lipinski definition) is 1. The normalized spacial score (nSPS) is 12.6. The molecule has 1 N–H and O–H groups in total. The highest BCUT2D eigenvalue weighted by Gasteiger charge is 2.29. The molecule has 1 amide bonds. The zero-order valence-corrected chi connectivity index (χ0v) is 10.4. The molecule has 1 aromatic carbocycles. The van der Waals surface area contributed by atoms with Gasteiger partial charge in [-0.25, -0.2) is 0 Å². The van der Waals surface area contributed by atoms with Crippen molar-refractivity contribution in [1.29, 1.82) is 0 Å². The van der Waals surface area contributed by atoms with Crippen LogP contribution in [0.25, 0.3) is 0 Å². The first kappa shape index (κ1) is 15.1. The summed E-state index contributed by atoms with van der Waals surface area (Å²) < 4.78 is 37.0. The summed E-state index contributed by atoms with van der Waals surface area (Å²) in [7, 11) is 0. The summed E-state index contributed by atoms with van der Waals surface area (Å²) in [6, 6.07) is 4.16. The molecule has 0 radical (unpaired) electrons. The van der Waals surface area contributed by atoms with Gasteiger partial charge in [-0.3, -0.25) is 4.79 Å². The zero-order chi connectivity index (χ0) is 14.5. The Morgan fingerprint density at radius 1 is 1.37 bits per heavy atom. The number of rotatable bonds is 4. The Morgan fingerprint density at radius 3 is 2.37 bits per heavy atom. The van der Waals surface area contributed by atoms with Crippen LogP contribution in [0.5, 0.6) is 0 Å². The van der Waals surface area contributed by atoms with Crippen molar-refractivity contribution in [3.05, 3.63) is 35.4 Å². The number of benzene rings is 1. The summed E-state index contributed by atoms with van der Waals surface area (Å²) in [5, 5.41) is 2.61. The second kappa shape index (κ2) is 6.28. The van der Waals surface area contributed by atoms with E-state index in [0.717, 1.165) is 12.1 Å². The summed E-state index contributed by atoms with van der Waals surface area (Å²) in [5.74, 6) is 2.12. The highest BCUT2D eigenvalue weighted by Crippen LogP contribution is 2.29. The molecule has 1 rings (SSSR count). The van der Waals surface area contributed by atoms with Crippen molar-refractivity contribution >= 4 is 5.91 Å². The third kappa shape index (κ3) is 4.66. The van der Waals surface area contributed by atoms with Gasteiger partial charge in [-0.05, 0) is 24.1 Å². The third-order valence-corrected chi connectivity index (χ3v) is 2.59. The van der Waals surface area contributed by atoms with Crippen molar-refractivity contribution in [2.75, 3.05) is 0 Å². The number of alkyl halides is 3. The molecule has 0 fully saturated rings. The maximum absolute atomic E-state index is 12.3. The van der Waals surface area contributed by atoms with Crippen LogP contribution in [0.1, 0.15) is 24.5 Å². The second-order valence-corrected chi connectivity index (χ2v) is 4.07. The first-order chi connectivity index (χ1) is 8.86. The molecular formula is C14H14F3NO. The molecule has 1 atom stereocenters. The lowest BCUT2D eigenvalue weighted by Gasteiger charge is -2.11. The monoisotopic (exact) mass is 269 g/mol. The van der Waals surface area contributed by atoms with Gasteiger partial charge in [0.25, 0.3) is 0 Å². The van der Waals surface area contributed by atoms with Crippen LogP contribution in [0.2, 0.25) is 0 Å². The van der Waals surface area contributed by atoms with E-state index in [2.05, 4.69) is 11.2 Å². The molecule has 19 heavy (non-hydrogen) atoms. The van der Waals surface area contributed by atoms with Crippen LogP contribution in [0, 0.1) is 12.3 Å². The van der Waals surface area contributed by atoms with Crippen molar-refractivity contribution in [2.45, 2.75) is 32.0 Å². The molecule has 0 aliphatic rings. The number of carbonyl (C=O) groups is 1. The van der Waals surface area contributed by atoms with Crippen molar-refractivity contribution < 1.29 is 18.0 Å². The summed E-state index contributed by atoms with van der Waals surface area (Å²) in [4.78, 5) is 11.6. The summed E-state index contributed by atoms with van der Waals surface area (Å²) in [5.41, 5.74) is -0.218. The quantitative estimate of drug-likeness (QED) is 0.837.